The molecule has 1 amide bonds. The summed E-state index contributed by atoms with van der Waals surface area (Å²) in [5.41, 5.74) is 0.0410. The van der Waals surface area contributed by atoms with Crippen LogP contribution in [0.2, 0.25) is 5.15 Å². The quantitative estimate of drug-likeness (QED) is 0.801. The number of halogens is 4. The molecule has 0 saturated heterocycles. The molecular weight excluding hydrogens is 233 g/mol. The zero-order chi connectivity index (χ0) is 11.5. The summed E-state index contributed by atoms with van der Waals surface area (Å²) in [7, 11) is 0. The molecule has 1 aromatic heterocycles. The van der Waals surface area contributed by atoms with E-state index >= 15 is 0 Å². The Morgan fingerprint density at radius 1 is 1.53 bits per heavy atom. The number of nitrogens with one attached hydrogen (secondary N) is 1. The van der Waals surface area contributed by atoms with Crippen molar-refractivity contribution in [1.82, 2.24) is 10.3 Å². The van der Waals surface area contributed by atoms with Crippen molar-refractivity contribution in [2.24, 2.45) is 0 Å². The highest BCUT2D eigenvalue weighted by Crippen LogP contribution is 2.13. The Morgan fingerprint density at radius 3 is 2.73 bits per heavy atom. The average Bonchev–Trinajstić information content (AvgIpc) is 2.13. The smallest absolute Gasteiger partial charge is 0.343 e. The number of carbonyl (C=O) groups is 1. The van der Waals surface area contributed by atoms with Crippen molar-refractivity contribution in [3.8, 4) is 0 Å². The van der Waals surface area contributed by atoms with Gasteiger partial charge >= 0.3 is 6.18 Å². The average molecular weight is 239 g/mol. The van der Waals surface area contributed by atoms with Gasteiger partial charge in [-0.1, -0.05) is 11.6 Å². The van der Waals surface area contributed by atoms with Crippen LogP contribution in [0.4, 0.5) is 13.2 Å². The van der Waals surface area contributed by atoms with Crippen molar-refractivity contribution in [1.29, 1.82) is 0 Å². The standard InChI is InChI=1S/C8H6ClF3N2O/c9-6-3-5(1-2-13-6)7(15)14-4-8(10,11)12/h1-3H,4H2,(H,14,15). The SMILES string of the molecule is O=C(NCC(F)(F)F)c1ccnc(Cl)c1. The van der Waals surface area contributed by atoms with Gasteiger partial charge in [0.1, 0.15) is 11.7 Å². The molecule has 0 unspecified atom stereocenters. The Kier molecular flexibility index (Phi) is 3.52. The molecule has 1 heterocycles. The van der Waals surface area contributed by atoms with E-state index in [-0.39, 0.29) is 10.7 Å². The molecule has 7 heteroatoms. The molecule has 0 aliphatic carbocycles. The van der Waals surface area contributed by atoms with E-state index in [0.717, 1.165) is 0 Å². The summed E-state index contributed by atoms with van der Waals surface area (Å²) in [6.45, 7) is -1.37. The third-order valence-electron chi connectivity index (χ3n) is 1.44. The van der Waals surface area contributed by atoms with Crippen LogP contribution in [-0.4, -0.2) is 23.6 Å². The van der Waals surface area contributed by atoms with E-state index in [1.165, 1.54) is 18.3 Å². The second-order valence-corrected chi connectivity index (χ2v) is 3.05. The van der Waals surface area contributed by atoms with Gasteiger partial charge in [0.05, 0.1) is 0 Å². The maximum atomic E-state index is 11.8. The lowest BCUT2D eigenvalue weighted by Gasteiger charge is -2.07. The number of alkyl halides is 3. The number of carbonyl (C=O) groups excluding carboxylic acids is 1. The van der Waals surface area contributed by atoms with E-state index in [1.54, 1.807) is 5.32 Å². The molecule has 0 aliphatic heterocycles. The van der Waals surface area contributed by atoms with Gasteiger partial charge in [-0.2, -0.15) is 13.2 Å². The first-order chi connectivity index (χ1) is 6.88. The van der Waals surface area contributed by atoms with Crippen molar-refractivity contribution in [2.45, 2.75) is 6.18 Å². The highest BCUT2D eigenvalue weighted by atomic mass is 35.5. The van der Waals surface area contributed by atoms with Crippen LogP contribution >= 0.6 is 11.6 Å². The lowest BCUT2D eigenvalue weighted by atomic mass is 10.2. The monoisotopic (exact) mass is 238 g/mol. The second kappa shape index (κ2) is 4.48. The van der Waals surface area contributed by atoms with Gasteiger partial charge in [0.15, 0.2) is 0 Å². The fraction of sp³-hybridized carbons (Fsp3) is 0.250. The van der Waals surface area contributed by atoms with E-state index < -0.39 is 18.6 Å². The van der Waals surface area contributed by atoms with Crippen molar-refractivity contribution in [3.63, 3.8) is 0 Å². The summed E-state index contributed by atoms with van der Waals surface area (Å²) in [5, 5.41) is 1.77. The number of amides is 1. The summed E-state index contributed by atoms with van der Waals surface area (Å²) in [4.78, 5) is 14.7. The summed E-state index contributed by atoms with van der Waals surface area (Å²) in [6.07, 6.45) is -3.18. The van der Waals surface area contributed by atoms with Crippen LogP contribution in [0.1, 0.15) is 10.4 Å². The first-order valence-electron chi connectivity index (χ1n) is 3.85. The zero-order valence-electron chi connectivity index (χ0n) is 7.31. The number of rotatable bonds is 2. The molecule has 0 atom stereocenters. The number of hydrogen-bond acceptors (Lipinski definition) is 2. The molecule has 1 aromatic rings. The first-order valence-corrected chi connectivity index (χ1v) is 4.23. The molecule has 1 rings (SSSR count). The van der Waals surface area contributed by atoms with Gasteiger partial charge < -0.3 is 5.32 Å². The molecular formula is C8H6ClF3N2O. The maximum Gasteiger partial charge on any atom is 0.405 e. The van der Waals surface area contributed by atoms with Gasteiger partial charge in [0.25, 0.3) is 5.91 Å². The largest absolute Gasteiger partial charge is 0.405 e. The lowest BCUT2D eigenvalue weighted by Crippen LogP contribution is -2.33. The zero-order valence-corrected chi connectivity index (χ0v) is 8.06. The molecule has 3 nitrogen and oxygen atoms in total. The molecule has 0 bridgehead atoms. The molecule has 0 radical (unpaired) electrons. The van der Waals surface area contributed by atoms with Crippen molar-refractivity contribution >= 4 is 17.5 Å². The highest BCUT2D eigenvalue weighted by Gasteiger charge is 2.27. The molecule has 82 valence electrons. The Labute approximate surface area is 88.3 Å². The van der Waals surface area contributed by atoms with Gasteiger partial charge in [0, 0.05) is 11.8 Å². The van der Waals surface area contributed by atoms with Crippen molar-refractivity contribution in [2.75, 3.05) is 6.54 Å². The minimum atomic E-state index is -4.42. The normalized spacial score (nSPS) is 11.2. The van der Waals surface area contributed by atoms with Crippen LogP contribution in [0.3, 0.4) is 0 Å². The van der Waals surface area contributed by atoms with Crippen LogP contribution in [0.5, 0.6) is 0 Å². The van der Waals surface area contributed by atoms with Crippen LogP contribution in [0, 0.1) is 0 Å². The van der Waals surface area contributed by atoms with E-state index in [1.807, 2.05) is 0 Å². The number of hydrogen-bond donors (Lipinski definition) is 1. The van der Waals surface area contributed by atoms with Gasteiger partial charge in [-0.15, -0.1) is 0 Å². The van der Waals surface area contributed by atoms with Crippen LogP contribution < -0.4 is 5.32 Å². The number of pyridine rings is 1. The molecule has 0 saturated carbocycles. The molecule has 1 N–H and O–H groups in total. The minimum Gasteiger partial charge on any atom is -0.343 e. The Bertz CT molecular complexity index is 367. The highest BCUT2D eigenvalue weighted by molar-refractivity contribution is 6.29. The van der Waals surface area contributed by atoms with E-state index in [9.17, 15) is 18.0 Å². The van der Waals surface area contributed by atoms with Crippen LogP contribution in [0.25, 0.3) is 0 Å². The fourth-order valence-corrected chi connectivity index (χ4v) is 1.00. The van der Waals surface area contributed by atoms with E-state index in [4.69, 9.17) is 11.6 Å². The summed E-state index contributed by atoms with van der Waals surface area (Å²) < 4.78 is 35.3. The maximum absolute atomic E-state index is 11.8. The predicted molar refractivity (Wildman–Crippen MR) is 47.6 cm³/mol. The van der Waals surface area contributed by atoms with E-state index in [0.29, 0.717) is 0 Å². The summed E-state index contributed by atoms with van der Waals surface area (Å²) in [6, 6.07) is 2.46. The topological polar surface area (TPSA) is 42.0 Å². The van der Waals surface area contributed by atoms with Crippen LogP contribution in [0.15, 0.2) is 18.3 Å². The third kappa shape index (κ3) is 4.16. The molecule has 0 spiro atoms. The number of nitrogens with zero attached hydrogens (tertiary/aromatic N) is 1. The van der Waals surface area contributed by atoms with E-state index in [2.05, 4.69) is 4.98 Å². The Morgan fingerprint density at radius 2 is 2.20 bits per heavy atom. The minimum absolute atomic E-state index is 0.0410. The predicted octanol–water partition coefficient (Wildman–Crippen LogP) is 2.03. The van der Waals surface area contributed by atoms with Gasteiger partial charge in [-0.3, -0.25) is 4.79 Å². The van der Waals surface area contributed by atoms with Crippen molar-refractivity contribution < 1.29 is 18.0 Å². The van der Waals surface area contributed by atoms with Gasteiger partial charge in [-0.05, 0) is 12.1 Å². The fourth-order valence-electron chi connectivity index (χ4n) is 0.826. The summed E-state index contributed by atoms with van der Waals surface area (Å²) >= 11 is 5.47. The third-order valence-corrected chi connectivity index (χ3v) is 1.64. The number of aromatic nitrogens is 1. The second-order valence-electron chi connectivity index (χ2n) is 2.67. The van der Waals surface area contributed by atoms with Crippen molar-refractivity contribution in [3.05, 3.63) is 29.0 Å². The molecule has 0 aromatic carbocycles. The molecule has 0 fully saturated rings. The first kappa shape index (κ1) is 11.8. The molecule has 0 aliphatic rings. The van der Waals surface area contributed by atoms with Crippen LogP contribution in [-0.2, 0) is 0 Å². The Hall–Kier alpha value is -1.30. The van der Waals surface area contributed by atoms with Gasteiger partial charge in [0.2, 0.25) is 0 Å². The summed E-state index contributed by atoms with van der Waals surface area (Å²) in [5.74, 6) is -0.836. The lowest BCUT2D eigenvalue weighted by molar-refractivity contribution is -0.123. The Balaban J connectivity index is 2.62. The molecule has 15 heavy (non-hydrogen) atoms. The van der Waals surface area contributed by atoms with Gasteiger partial charge in [-0.25, -0.2) is 4.98 Å².